The summed E-state index contributed by atoms with van der Waals surface area (Å²) >= 11 is 0. The molecule has 1 aromatic rings. The van der Waals surface area contributed by atoms with Crippen LogP contribution in [0.1, 0.15) is 46.6 Å². The van der Waals surface area contributed by atoms with E-state index in [0.29, 0.717) is 6.04 Å². The van der Waals surface area contributed by atoms with Crippen LogP contribution in [0.4, 0.5) is 0 Å². The van der Waals surface area contributed by atoms with E-state index in [2.05, 4.69) is 70.3 Å². The van der Waals surface area contributed by atoms with Crippen LogP contribution in [0.2, 0.25) is 0 Å². The molecular formula is C18H31N. The molecule has 0 saturated heterocycles. The minimum Gasteiger partial charge on any atom is -0.314 e. The van der Waals surface area contributed by atoms with Gasteiger partial charge in [-0.1, -0.05) is 58.0 Å². The zero-order valence-corrected chi connectivity index (χ0v) is 13.3. The predicted molar refractivity (Wildman–Crippen MR) is 85.4 cm³/mol. The highest BCUT2D eigenvalue weighted by Gasteiger charge is 2.17. The molecule has 0 aliphatic carbocycles. The van der Waals surface area contributed by atoms with Crippen molar-refractivity contribution in [1.29, 1.82) is 0 Å². The predicted octanol–water partition coefficient (Wildman–Crippen LogP) is 4.53. The van der Waals surface area contributed by atoms with Gasteiger partial charge in [0.1, 0.15) is 0 Å². The number of rotatable bonds is 8. The van der Waals surface area contributed by atoms with E-state index in [0.717, 1.165) is 24.3 Å². The smallest absolute Gasteiger partial charge is 0.00420 e. The zero-order chi connectivity index (χ0) is 14.3. The molecule has 0 aliphatic heterocycles. The van der Waals surface area contributed by atoms with Crippen molar-refractivity contribution in [3.63, 3.8) is 0 Å². The molecule has 0 bridgehead atoms. The second-order valence-corrected chi connectivity index (χ2v) is 6.49. The zero-order valence-electron chi connectivity index (χ0n) is 13.3. The maximum atomic E-state index is 3.72. The van der Waals surface area contributed by atoms with Gasteiger partial charge < -0.3 is 5.32 Å². The van der Waals surface area contributed by atoms with Crippen molar-refractivity contribution in [2.75, 3.05) is 6.54 Å². The second kappa shape index (κ2) is 8.37. The minimum absolute atomic E-state index is 0.597. The maximum absolute atomic E-state index is 3.72. The lowest BCUT2D eigenvalue weighted by Gasteiger charge is -2.27. The van der Waals surface area contributed by atoms with Gasteiger partial charge in [-0.05, 0) is 49.6 Å². The first kappa shape index (κ1) is 16.2. The van der Waals surface area contributed by atoms with E-state index in [-0.39, 0.29) is 0 Å². The summed E-state index contributed by atoms with van der Waals surface area (Å²) in [6, 6.07) is 11.4. The van der Waals surface area contributed by atoms with Crippen LogP contribution < -0.4 is 5.32 Å². The Bertz CT molecular complexity index is 321. The molecule has 0 aromatic heterocycles. The highest BCUT2D eigenvalue weighted by atomic mass is 14.9. The van der Waals surface area contributed by atoms with Crippen molar-refractivity contribution < 1.29 is 0 Å². The van der Waals surface area contributed by atoms with Gasteiger partial charge in [0, 0.05) is 6.04 Å². The van der Waals surface area contributed by atoms with Crippen LogP contribution in [0.5, 0.6) is 0 Å². The molecule has 0 radical (unpaired) electrons. The summed E-state index contributed by atoms with van der Waals surface area (Å²) in [5, 5.41) is 3.72. The molecule has 1 heteroatoms. The van der Waals surface area contributed by atoms with Crippen LogP contribution >= 0.6 is 0 Å². The van der Waals surface area contributed by atoms with Gasteiger partial charge >= 0.3 is 0 Å². The number of nitrogens with one attached hydrogen (secondary N) is 1. The van der Waals surface area contributed by atoms with Crippen LogP contribution in [-0.4, -0.2) is 12.6 Å². The van der Waals surface area contributed by atoms with Crippen LogP contribution in [0, 0.1) is 17.8 Å². The first-order valence-corrected chi connectivity index (χ1v) is 7.78. The monoisotopic (exact) mass is 261 g/mol. The third-order valence-electron chi connectivity index (χ3n) is 4.12. The van der Waals surface area contributed by atoms with Gasteiger partial charge in [0.25, 0.3) is 0 Å². The first-order valence-electron chi connectivity index (χ1n) is 7.78. The molecule has 0 saturated carbocycles. The number of hydrogen-bond acceptors (Lipinski definition) is 1. The SMILES string of the molecule is CC(CCc1ccccc1)NCC(C(C)C)C(C)C. The van der Waals surface area contributed by atoms with E-state index in [4.69, 9.17) is 0 Å². The van der Waals surface area contributed by atoms with Crippen molar-refractivity contribution in [2.45, 2.75) is 53.5 Å². The highest BCUT2D eigenvalue weighted by molar-refractivity contribution is 5.14. The average molecular weight is 261 g/mol. The van der Waals surface area contributed by atoms with Crippen molar-refractivity contribution in [1.82, 2.24) is 5.32 Å². The molecule has 19 heavy (non-hydrogen) atoms. The van der Waals surface area contributed by atoms with Gasteiger partial charge in [0.2, 0.25) is 0 Å². The van der Waals surface area contributed by atoms with Crippen LogP contribution in [0.3, 0.4) is 0 Å². The molecule has 0 fully saturated rings. The highest BCUT2D eigenvalue weighted by Crippen LogP contribution is 2.19. The molecule has 0 heterocycles. The van der Waals surface area contributed by atoms with Crippen molar-refractivity contribution in [3.8, 4) is 0 Å². The normalized spacial score (nSPS) is 13.5. The Balaban J connectivity index is 2.29. The van der Waals surface area contributed by atoms with E-state index in [9.17, 15) is 0 Å². The lowest BCUT2D eigenvalue weighted by Crippen LogP contribution is -2.35. The molecule has 1 nitrogen and oxygen atoms in total. The van der Waals surface area contributed by atoms with Gasteiger partial charge in [-0.2, -0.15) is 0 Å². The Morgan fingerprint density at radius 3 is 2.00 bits per heavy atom. The minimum atomic E-state index is 0.597. The third-order valence-corrected chi connectivity index (χ3v) is 4.12. The molecule has 0 amide bonds. The van der Waals surface area contributed by atoms with Gasteiger partial charge in [0.05, 0.1) is 0 Å². The van der Waals surface area contributed by atoms with Crippen molar-refractivity contribution in [2.24, 2.45) is 17.8 Å². The first-order chi connectivity index (χ1) is 9.00. The van der Waals surface area contributed by atoms with Crippen molar-refractivity contribution >= 4 is 0 Å². The fourth-order valence-corrected chi connectivity index (χ4v) is 2.71. The number of benzene rings is 1. The van der Waals surface area contributed by atoms with Gasteiger partial charge in [-0.15, -0.1) is 0 Å². The molecule has 1 aromatic carbocycles. The molecule has 1 atom stereocenters. The van der Waals surface area contributed by atoms with E-state index in [1.165, 1.54) is 18.4 Å². The van der Waals surface area contributed by atoms with Crippen LogP contribution in [0.25, 0.3) is 0 Å². The summed E-state index contributed by atoms with van der Waals surface area (Å²) in [7, 11) is 0. The standard InChI is InChI=1S/C18H31N/c1-14(2)18(15(3)4)13-19-16(5)11-12-17-9-7-6-8-10-17/h6-10,14-16,18-19H,11-13H2,1-5H3. The Kier molecular flexibility index (Phi) is 7.15. The molecular weight excluding hydrogens is 230 g/mol. The largest absolute Gasteiger partial charge is 0.314 e. The van der Waals surface area contributed by atoms with Gasteiger partial charge in [0.15, 0.2) is 0 Å². The van der Waals surface area contributed by atoms with E-state index in [1.807, 2.05) is 0 Å². The molecule has 1 unspecified atom stereocenters. The summed E-state index contributed by atoms with van der Waals surface area (Å²) in [5.74, 6) is 2.29. The lowest BCUT2D eigenvalue weighted by molar-refractivity contribution is 0.265. The fourth-order valence-electron chi connectivity index (χ4n) is 2.71. The summed E-state index contributed by atoms with van der Waals surface area (Å²) < 4.78 is 0. The Labute approximate surface area is 119 Å². The average Bonchev–Trinajstić information content (AvgIpc) is 2.37. The van der Waals surface area contributed by atoms with Gasteiger partial charge in [-0.3, -0.25) is 0 Å². The maximum Gasteiger partial charge on any atom is 0.00420 e. The molecule has 0 aliphatic rings. The van der Waals surface area contributed by atoms with E-state index >= 15 is 0 Å². The summed E-state index contributed by atoms with van der Waals surface area (Å²) in [5.41, 5.74) is 1.44. The fraction of sp³-hybridized carbons (Fsp3) is 0.667. The molecule has 0 spiro atoms. The Hall–Kier alpha value is -0.820. The van der Waals surface area contributed by atoms with E-state index < -0.39 is 0 Å². The Morgan fingerprint density at radius 1 is 0.895 bits per heavy atom. The quantitative estimate of drug-likeness (QED) is 0.725. The van der Waals surface area contributed by atoms with E-state index in [1.54, 1.807) is 0 Å². The number of hydrogen-bond donors (Lipinski definition) is 1. The number of aryl methyl sites for hydroxylation is 1. The van der Waals surface area contributed by atoms with Crippen LogP contribution in [0.15, 0.2) is 30.3 Å². The van der Waals surface area contributed by atoms with Crippen molar-refractivity contribution in [3.05, 3.63) is 35.9 Å². The van der Waals surface area contributed by atoms with Crippen LogP contribution in [-0.2, 0) is 6.42 Å². The summed E-state index contributed by atoms with van der Waals surface area (Å²) in [6.45, 7) is 12.8. The molecule has 1 rings (SSSR count). The third kappa shape index (κ3) is 6.24. The van der Waals surface area contributed by atoms with Gasteiger partial charge in [-0.25, -0.2) is 0 Å². The molecule has 1 N–H and O–H groups in total. The summed E-state index contributed by atoms with van der Waals surface area (Å²) in [6.07, 6.45) is 2.38. The second-order valence-electron chi connectivity index (χ2n) is 6.49. The topological polar surface area (TPSA) is 12.0 Å². The Morgan fingerprint density at radius 2 is 1.47 bits per heavy atom. The lowest BCUT2D eigenvalue weighted by atomic mass is 9.85. The molecule has 108 valence electrons. The summed E-state index contributed by atoms with van der Waals surface area (Å²) in [4.78, 5) is 0.